The third-order valence-corrected chi connectivity index (χ3v) is 3.75. The number of esters is 1. The summed E-state index contributed by atoms with van der Waals surface area (Å²) in [5.41, 5.74) is 2.26. The van der Waals surface area contributed by atoms with Gasteiger partial charge in [-0.3, -0.25) is 0 Å². The number of aromatic nitrogens is 2. The number of hydrogen-bond acceptors (Lipinski definition) is 7. The summed E-state index contributed by atoms with van der Waals surface area (Å²) in [6.45, 7) is 3.29. The molecule has 0 spiro atoms. The fraction of sp³-hybridized carbons (Fsp3) is 0.200. The zero-order valence-corrected chi connectivity index (χ0v) is 14.9. The maximum absolute atomic E-state index is 12.0. The fourth-order valence-electron chi connectivity index (χ4n) is 2.31. The molecule has 0 fully saturated rings. The first kappa shape index (κ1) is 18.1. The minimum Gasteiger partial charge on any atom is -0.481 e. The molecule has 0 amide bonds. The van der Waals surface area contributed by atoms with E-state index < -0.39 is 12.1 Å². The molecule has 136 valence electrons. The van der Waals surface area contributed by atoms with Gasteiger partial charge in [-0.05, 0) is 38.1 Å². The molecule has 2 aromatic carbocycles. The molecule has 27 heavy (non-hydrogen) atoms. The van der Waals surface area contributed by atoms with Crippen LogP contribution in [0.15, 0.2) is 52.9 Å². The second-order valence-electron chi connectivity index (χ2n) is 5.84. The molecule has 0 radical (unpaired) electrons. The predicted molar refractivity (Wildman–Crippen MR) is 95.6 cm³/mol. The summed E-state index contributed by atoms with van der Waals surface area (Å²) in [4.78, 5) is 12.0. The second-order valence-corrected chi connectivity index (χ2v) is 5.84. The van der Waals surface area contributed by atoms with Gasteiger partial charge in [-0.2, -0.15) is 5.26 Å². The van der Waals surface area contributed by atoms with E-state index in [0.29, 0.717) is 17.2 Å². The van der Waals surface area contributed by atoms with Crippen molar-refractivity contribution < 1.29 is 18.7 Å². The SMILES string of the molecule is Cc1ccc(-c2nnc([C@@H](C)OC(=O)COc3ccccc3C#N)o2)cc1. The topological polar surface area (TPSA) is 98.2 Å². The van der Waals surface area contributed by atoms with Crippen molar-refractivity contribution in [2.75, 3.05) is 6.61 Å². The van der Waals surface area contributed by atoms with Gasteiger partial charge in [-0.15, -0.1) is 10.2 Å². The molecular formula is C20H17N3O4. The number of nitriles is 1. The van der Waals surface area contributed by atoms with Gasteiger partial charge in [0.2, 0.25) is 5.89 Å². The van der Waals surface area contributed by atoms with Gasteiger partial charge in [-0.25, -0.2) is 4.79 Å². The average molecular weight is 363 g/mol. The van der Waals surface area contributed by atoms with E-state index in [4.69, 9.17) is 19.2 Å². The summed E-state index contributed by atoms with van der Waals surface area (Å²) in [5, 5.41) is 16.9. The van der Waals surface area contributed by atoms with E-state index >= 15 is 0 Å². The first-order chi connectivity index (χ1) is 13.1. The molecule has 0 N–H and O–H groups in total. The number of ether oxygens (including phenoxy) is 2. The van der Waals surface area contributed by atoms with Gasteiger partial charge < -0.3 is 13.9 Å². The highest BCUT2D eigenvalue weighted by Gasteiger charge is 2.19. The Bertz CT molecular complexity index is 973. The minimum atomic E-state index is -0.723. The van der Waals surface area contributed by atoms with Gasteiger partial charge in [0.05, 0.1) is 5.56 Å². The molecule has 3 aromatic rings. The van der Waals surface area contributed by atoms with E-state index in [1.54, 1.807) is 31.2 Å². The lowest BCUT2D eigenvalue weighted by atomic mass is 10.1. The lowest BCUT2D eigenvalue weighted by Crippen LogP contribution is -2.17. The maximum Gasteiger partial charge on any atom is 0.344 e. The first-order valence-electron chi connectivity index (χ1n) is 8.28. The Morgan fingerprint density at radius 1 is 1.19 bits per heavy atom. The average Bonchev–Trinajstić information content (AvgIpc) is 3.17. The van der Waals surface area contributed by atoms with Gasteiger partial charge in [-0.1, -0.05) is 29.8 Å². The summed E-state index contributed by atoms with van der Waals surface area (Å²) in [6.07, 6.45) is -0.723. The van der Waals surface area contributed by atoms with Crippen molar-refractivity contribution in [3.8, 4) is 23.3 Å². The molecule has 1 atom stereocenters. The molecule has 7 nitrogen and oxygen atoms in total. The van der Waals surface area contributed by atoms with Gasteiger partial charge in [0.15, 0.2) is 12.7 Å². The van der Waals surface area contributed by atoms with Crippen molar-refractivity contribution in [3.05, 3.63) is 65.5 Å². The van der Waals surface area contributed by atoms with Crippen LogP contribution in [-0.4, -0.2) is 22.8 Å². The molecule has 0 unspecified atom stereocenters. The monoisotopic (exact) mass is 363 g/mol. The number of hydrogen-bond donors (Lipinski definition) is 0. The van der Waals surface area contributed by atoms with Gasteiger partial charge in [0.1, 0.15) is 11.8 Å². The van der Waals surface area contributed by atoms with E-state index in [1.807, 2.05) is 37.3 Å². The highest BCUT2D eigenvalue weighted by molar-refractivity contribution is 5.71. The van der Waals surface area contributed by atoms with Crippen LogP contribution >= 0.6 is 0 Å². The Kier molecular flexibility index (Phi) is 5.47. The third-order valence-electron chi connectivity index (χ3n) is 3.75. The zero-order valence-electron chi connectivity index (χ0n) is 14.9. The van der Waals surface area contributed by atoms with Crippen LogP contribution in [0.4, 0.5) is 0 Å². The molecule has 0 aliphatic rings. The molecule has 0 aliphatic heterocycles. The predicted octanol–water partition coefficient (Wildman–Crippen LogP) is 3.60. The highest BCUT2D eigenvalue weighted by Crippen LogP contribution is 2.23. The number of carbonyl (C=O) groups is 1. The largest absolute Gasteiger partial charge is 0.481 e. The summed E-state index contributed by atoms with van der Waals surface area (Å²) in [5.74, 6) is 0.262. The summed E-state index contributed by atoms with van der Waals surface area (Å²) in [6, 6.07) is 16.3. The Morgan fingerprint density at radius 3 is 2.67 bits per heavy atom. The van der Waals surface area contributed by atoms with Crippen molar-refractivity contribution in [2.45, 2.75) is 20.0 Å². The molecule has 3 rings (SSSR count). The van der Waals surface area contributed by atoms with Crippen molar-refractivity contribution in [1.82, 2.24) is 10.2 Å². The summed E-state index contributed by atoms with van der Waals surface area (Å²) < 4.78 is 16.2. The second kappa shape index (κ2) is 8.15. The highest BCUT2D eigenvalue weighted by atomic mass is 16.6. The molecule has 0 saturated carbocycles. The van der Waals surface area contributed by atoms with Crippen molar-refractivity contribution in [1.29, 1.82) is 5.26 Å². The molecule has 0 saturated heterocycles. The Balaban J connectivity index is 1.58. The Morgan fingerprint density at radius 2 is 1.93 bits per heavy atom. The van der Waals surface area contributed by atoms with E-state index in [9.17, 15) is 4.79 Å². The van der Waals surface area contributed by atoms with Crippen LogP contribution in [0, 0.1) is 18.3 Å². The van der Waals surface area contributed by atoms with E-state index in [-0.39, 0.29) is 12.5 Å². The third kappa shape index (κ3) is 4.50. The molecule has 1 heterocycles. The van der Waals surface area contributed by atoms with Crippen molar-refractivity contribution in [3.63, 3.8) is 0 Å². The first-order valence-corrected chi connectivity index (χ1v) is 8.28. The smallest absolute Gasteiger partial charge is 0.344 e. The molecule has 0 bridgehead atoms. The van der Waals surface area contributed by atoms with Crippen LogP contribution in [0.1, 0.15) is 30.0 Å². The van der Waals surface area contributed by atoms with Crippen molar-refractivity contribution in [2.24, 2.45) is 0 Å². The van der Waals surface area contributed by atoms with Crippen LogP contribution in [-0.2, 0) is 9.53 Å². The number of rotatable bonds is 6. The van der Waals surface area contributed by atoms with E-state index in [1.165, 1.54) is 0 Å². The quantitative estimate of drug-likeness (QED) is 0.617. The normalized spacial score (nSPS) is 11.4. The van der Waals surface area contributed by atoms with Crippen LogP contribution in [0.3, 0.4) is 0 Å². The van der Waals surface area contributed by atoms with E-state index in [2.05, 4.69) is 10.2 Å². The number of nitrogens with zero attached hydrogens (tertiary/aromatic N) is 3. The standard InChI is InChI=1S/C20H17N3O4/c1-13-7-9-15(10-8-13)20-23-22-19(27-20)14(2)26-18(24)12-25-17-6-4-3-5-16(17)11-21/h3-10,14H,12H2,1-2H3/t14-/m1/s1. The minimum absolute atomic E-state index is 0.191. The maximum atomic E-state index is 12.0. The van der Waals surface area contributed by atoms with Gasteiger partial charge in [0, 0.05) is 5.56 Å². The van der Waals surface area contributed by atoms with E-state index in [0.717, 1.165) is 11.1 Å². The van der Waals surface area contributed by atoms with Crippen LogP contribution in [0.2, 0.25) is 0 Å². The lowest BCUT2D eigenvalue weighted by molar-refractivity contribution is -0.152. The molecule has 7 heteroatoms. The number of para-hydroxylation sites is 1. The van der Waals surface area contributed by atoms with Crippen LogP contribution < -0.4 is 4.74 Å². The van der Waals surface area contributed by atoms with Crippen LogP contribution in [0.5, 0.6) is 5.75 Å². The Hall–Kier alpha value is -3.66. The Labute approximate surface area is 156 Å². The molecule has 1 aromatic heterocycles. The van der Waals surface area contributed by atoms with Crippen molar-refractivity contribution >= 4 is 5.97 Å². The zero-order chi connectivity index (χ0) is 19.2. The number of benzene rings is 2. The lowest BCUT2D eigenvalue weighted by Gasteiger charge is -2.11. The van der Waals surface area contributed by atoms with Crippen LogP contribution in [0.25, 0.3) is 11.5 Å². The molecular weight excluding hydrogens is 346 g/mol. The fourth-order valence-corrected chi connectivity index (χ4v) is 2.31. The molecule has 0 aliphatic carbocycles. The van der Waals surface area contributed by atoms with Gasteiger partial charge >= 0.3 is 5.97 Å². The summed E-state index contributed by atoms with van der Waals surface area (Å²) >= 11 is 0. The number of aryl methyl sites for hydroxylation is 1. The summed E-state index contributed by atoms with van der Waals surface area (Å²) in [7, 11) is 0. The van der Waals surface area contributed by atoms with Gasteiger partial charge in [0.25, 0.3) is 5.89 Å². The number of carbonyl (C=O) groups excluding carboxylic acids is 1.